The van der Waals surface area contributed by atoms with Crippen LogP contribution in [-0.4, -0.2) is 31.8 Å². The van der Waals surface area contributed by atoms with Gasteiger partial charge in [0, 0.05) is 23.5 Å². The quantitative estimate of drug-likeness (QED) is 0.528. The second kappa shape index (κ2) is 3.25. The zero-order valence-electron chi connectivity index (χ0n) is 7.20. The van der Waals surface area contributed by atoms with Crippen molar-refractivity contribution in [3.8, 4) is 0 Å². The SMILES string of the molecule is N=C(C(=N)c1cn[nH]c1)c1cn[nH]c1. The summed E-state index contributed by atoms with van der Waals surface area (Å²) < 4.78 is 0. The summed E-state index contributed by atoms with van der Waals surface area (Å²) in [4.78, 5) is 0. The van der Waals surface area contributed by atoms with E-state index in [4.69, 9.17) is 10.8 Å². The van der Waals surface area contributed by atoms with Crippen LogP contribution in [0.1, 0.15) is 11.1 Å². The molecule has 6 nitrogen and oxygen atoms in total. The van der Waals surface area contributed by atoms with Gasteiger partial charge < -0.3 is 0 Å². The average Bonchev–Trinajstić information content (AvgIpc) is 2.87. The van der Waals surface area contributed by atoms with E-state index in [0.717, 1.165) is 0 Å². The third-order valence-corrected chi connectivity index (χ3v) is 1.82. The molecule has 0 saturated heterocycles. The highest BCUT2D eigenvalue weighted by atomic mass is 15.1. The molecule has 0 bridgehead atoms. The molecule has 0 fully saturated rings. The fraction of sp³-hybridized carbons (Fsp3) is 0. The molecule has 2 heterocycles. The zero-order chi connectivity index (χ0) is 9.97. The van der Waals surface area contributed by atoms with Crippen molar-refractivity contribution in [2.75, 3.05) is 0 Å². The molecule has 70 valence electrons. The van der Waals surface area contributed by atoms with Crippen molar-refractivity contribution in [3.63, 3.8) is 0 Å². The number of hydrogen-bond acceptors (Lipinski definition) is 4. The first kappa shape index (κ1) is 8.36. The molecule has 0 amide bonds. The molecule has 0 atom stereocenters. The third-order valence-electron chi connectivity index (χ3n) is 1.82. The molecule has 14 heavy (non-hydrogen) atoms. The molecule has 0 aromatic carbocycles. The van der Waals surface area contributed by atoms with Crippen LogP contribution in [0.15, 0.2) is 24.8 Å². The summed E-state index contributed by atoms with van der Waals surface area (Å²) in [6.45, 7) is 0. The van der Waals surface area contributed by atoms with E-state index in [1.165, 1.54) is 12.4 Å². The number of nitrogens with zero attached hydrogens (tertiary/aromatic N) is 2. The zero-order valence-corrected chi connectivity index (χ0v) is 7.20. The monoisotopic (exact) mass is 188 g/mol. The van der Waals surface area contributed by atoms with E-state index in [0.29, 0.717) is 11.1 Å². The van der Waals surface area contributed by atoms with Crippen molar-refractivity contribution in [1.29, 1.82) is 10.8 Å². The van der Waals surface area contributed by atoms with Crippen LogP contribution >= 0.6 is 0 Å². The highest BCUT2D eigenvalue weighted by molar-refractivity contribution is 6.51. The van der Waals surface area contributed by atoms with Crippen molar-refractivity contribution in [3.05, 3.63) is 35.9 Å². The first-order chi connectivity index (χ1) is 6.79. The van der Waals surface area contributed by atoms with Crippen LogP contribution in [-0.2, 0) is 0 Å². The molecule has 2 rings (SSSR count). The number of nitrogens with one attached hydrogen (secondary N) is 4. The van der Waals surface area contributed by atoms with Gasteiger partial charge in [0.2, 0.25) is 0 Å². The van der Waals surface area contributed by atoms with E-state index in [1.54, 1.807) is 12.4 Å². The maximum atomic E-state index is 7.70. The molecule has 0 saturated carbocycles. The summed E-state index contributed by atoms with van der Waals surface area (Å²) in [7, 11) is 0. The van der Waals surface area contributed by atoms with Gasteiger partial charge in [-0.05, 0) is 0 Å². The standard InChI is InChI=1S/C8H8N6/c9-7(5-1-11-12-2-5)8(10)6-3-13-14-4-6/h1-4,9-10H,(H,11,12)(H,13,14). The molecule has 0 unspecified atom stereocenters. The Morgan fingerprint density at radius 1 is 0.929 bits per heavy atom. The predicted molar refractivity (Wildman–Crippen MR) is 50.8 cm³/mol. The summed E-state index contributed by atoms with van der Waals surface area (Å²) in [5, 5.41) is 28.0. The molecule has 0 radical (unpaired) electrons. The van der Waals surface area contributed by atoms with Gasteiger partial charge in [0.25, 0.3) is 0 Å². The number of aromatic amines is 2. The molecule has 6 heteroatoms. The Kier molecular flexibility index (Phi) is 1.94. The molecule has 4 N–H and O–H groups in total. The Hall–Kier alpha value is -2.24. The van der Waals surface area contributed by atoms with Gasteiger partial charge in [0.05, 0.1) is 23.8 Å². The van der Waals surface area contributed by atoms with Gasteiger partial charge in [0.15, 0.2) is 0 Å². The van der Waals surface area contributed by atoms with Gasteiger partial charge in [0.1, 0.15) is 0 Å². The van der Waals surface area contributed by atoms with E-state index < -0.39 is 0 Å². The lowest BCUT2D eigenvalue weighted by Crippen LogP contribution is -2.13. The third kappa shape index (κ3) is 1.33. The number of hydrogen-bond donors (Lipinski definition) is 4. The average molecular weight is 188 g/mol. The molecule has 0 spiro atoms. The largest absolute Gasteiger partial charge is 0.298 e. The maximum absolute atomic E-state index is 7.70. The van der Waals surface area contributed by atoms with Crippen LogP contribution in [0.5, 0.6) is 0 Å². The topological polar surface area (TPSA) is 105 Å². The molecule has 0 aliphatic heterocycles. The van der Waals surface area contributed by atoms with Crippen molar-refractivity contribution < 1.29 is 0 Å². The van der Waals surface area contributed by atoms with E-state index in [2.05, 4.69) is 20.4 Å². The lowest BCUT2D eigenvalue weighted by molar-refractivity contribution is 1.09. The fourth-order valence-electron chi connectivity index (χ4n) is 1.06. The fourth-order valence-corrected chi connectivity index (χ4v) is 1.06. The van der Waals surface area contributed by atoms with Crippen molar-refractivity contribution in [2.45, 2.75) is 0 Å². The summed E-state index contributed by atoms with van der Waals surface area (Å²) in [5.74, 6) is 0. The van der Waals surface area contributed by atoms with Gasteiger partial charge in [-0.3, -0.25) is 21.0 Å². The predicted octanol–water partition coefficient (Wildman–Crippen LogP) is 0.569. The number of H-pyrrole nitrogens is 2. The Balaban J connectivity index is 2.26. The lowest BCUT2D eigenvalue weighted by Gasteiger charge is -1.99. The van der Waals surface area contributed by atoms with E-state index >= 15 is 0 Å². The minimum absolute atomic E-state index is 0.125. The number of aromatic nitrogens is 4. The Bertz CT molecular complexity index is 394. The normalized spacial score (nSPS) is 10.0. The van der Waals surface area contributed by atoms with Crippen LogP contribution in [0.2, 0.25) is 0 Å². The highest BCUT2D eigenvalue weighted by Crippen LogP contribution is 2.03. The van der Waals surface area contributed by atoms with Crippen LogP contribution in [0, 0.1) is 10.8 Å². The van der Waals surface area contributed by atoms with Gasteiger partial charge in [-0.25, -0.2) is 0 Å². The second-order valence-electron chi connectivity index (χ2n) is 2.72. The van der Waals surface area contributed by atoms with Crippen molar-refractivity contribution >= 4 is 11.4 Å². The minimum Gasteiger partial charge on any atom is -0.298 e. The Labute approximate surface area is 79.4 Å². The first-order valence-corrected chi connectivity index (χ1v) is 3.95. The Morgan fingerprint density at radius 3 is 1.64 bits per heavy atom. The van der Waals surface area contributed by atoms with Gasteiger partial charge in [-0.2, -0.15) is 10.2 Å². The van der Waals surface area contributed by atoms with Crippen LogP contribution < -0.4 is 0 Å². The summed E-state index contributed by atoms with van der Waals surface area (Å²) in [5.41, 5.74) is 1.44. The minimum atomic E-state index is 0.125. The highest BCUT2D eigenvalue weighted by Gasteiger charge is 2.11. The molecule has 2 aromatic rings. The smallest absolute Gasteiger partial charge is 0.0900 e. The van der Waals surface area contributed by atoms with E-state index in [-0.39, 0.29) is 11.4 Å². The number of rotatable bonds is 3. The van der Waals surface area contributed by atoms with Crippen molar-refractivity contribution in [2.24, 2.45) is 0 Å². The first-order valence-electron chi connectivity index (χ1n) is 3.95. The van der Waals surface area contributed by atoms with Crippen LogP contribution in [0.25, 0.3) is 0 Å². The van der Waals surface area contributed by atoms with Gasteiger partial charge in [-0.15, -0.1) is 0 Å². The molecule has 2 aromatic heterocycles. The van der Waals surface area contributed by atoms with E-state index in [9.17, 15) is 0 Å². The molecular formula is C8H8N6. The van der Waals surface area contributed by atoms with Gasteiger partial charge in [-0.1, -0.05) is 0 Å². The maximum Gasteiger partial charge on any atom is 0.0900 e. The van der Waals surface area contributed by atoms with Crippen molar-refractivity contribution in [1.82, 2.24) is 20.4 Å². The van der Waals surface area contributed by atoms with Crippen LogP contribution in [0.4, 0.5) is 0 Å². The summed E-state index contributed by atoms with van der Waals surface area (Å²) in [6.07, 6.45) is 6.18. The van der Waals surface area contributed by atoms with Gasteiger partial charge >= 0.3 is 0 Å². The van der Waals surface area contributed by atoms with Crippen LogP contribution in [0.3, 0.4) is 0 Å². The van der Waals surface area contributed by atoms with E-state index in [1.807, 2.05) is 0 Å². The summed E-state index contributed by atoms with van der Waals surface area (Å²) >= 11 is 0. The molecule has 0 aliphatic carbocycles. The lowest BCUT2D eigenvalue weighted by atomic mass is 10.1. The Morgan fingerprint density at radius 2 is 1.36 bits per heavy atom. The summed E-state index contributed by atoms with van der Waals surface area (Å²) in [6, 6.07) is 0. The molecular weight excluding hydrogens is 180 g/mol. The molecule has 0 aliphatic rings. The second-order valence-corrected chi connectivity index (χ2v) is 2.72.